The second-order valence-electron chi connectivity index (χ2n) is 2.66. The highest BCUT2D eigenvalue weighted by Gasteiger charge is 1.96. The molecule has 0 spiro atoms. The number of aromatic hydroxyl groups is 2. The summed E-state index contributed by atoms with van der Waals surface area (Å²) in [6.45, 7) is 0. The lowest BCUT2D eigenvalue weighted by Crippen LogP contribution is -1.75. The largest absolute Gasteiger partial charge is 0.506 e. The zero-order chi connectivity index (χ0) is 12.0. The van der Waals surface area contributed by atoms with Gasteiger partial charge >= 0.3 is 0 Å². The molecule has 0 bridgehead atoms. The number of halogens is 2. The van der Waals surface area contributed by atoms with Gasteiger partial charge in [0.2, 0.25) is 0 Å². The van der Waals surface area contributed by atoms with Crippen LogP contribution < -0.4 is 0 Å². The van der Waals surface area contributed by atoms with E-state index in [1.54, 1.807) is 30.5 Å². The summed E-state index contributed by atoms with van der Waals surface area (Å²) in [7, 11) is 0. The number of pyridine rings is 2. The van der Waals surface area contributed by atoms with E-state index < -0.39 is 0 Å². The number of aromatic nitrogens is 2. The number of nitrogens with zero attached hydrogens (tertiary/aromatic N) is 2. The third-order valence-electron chi connectivity index (χ3n) is 1.44. The van der Waals surface area contributed by atoms with E-state index in [2.05, 4.69) is 41.8 Å². The Bertz CT molecular complexity index is 452. The van der Waals surface area contributed by atoms with Crippen molar-refractivity contribution in [1.29, 1.82) is 0 Å². The van der Waals surface area contributed by atoms with Crippen LogP contribution in [0.1, 0.15) is 0 Å². The molecule has 0 fully saturated rings. The van der Waals surface area contributed by atoms with Crippen molar-refractivity contribution < 1.29 is 10.2 Å². The van der Waals surface area contributed by atoms with Crippen molar-refractivity contribution in [3.8, 4) is 11.5 Å². The van der Waals surface area contributed by atoms with Crippen LogP contribution in [0, 0.1) is 0 Å². The fourth-order valence-corrected chi connectivity index (χ4v) is 1.63. The fourth-order valence-electron chi connectivity index (χ4n) is 0.759. The predicted octanol–water partition coefficient (Wildman–Crippen LogP) is 3.10. The van der Waals surface area contributed by atoms with Crippen LogP contribution >= 0.6 is 31.9 Å². The van der Waals surface area contributed by atoms with E-state index >= 15 is 0 Å². The van der Waals surface area contributed by atoms with Crippen LogP contribution in [0.4, 0.5) is 0 Å². The number of hydrogen-bond donors (Lipinski definition) is 2. The Morgan fingerprint density at radius 1 is 1.06 bits per heavy atom. The maximum Gasteiger partial charge on any atom is 0.149 e. The van der Waals surface area contributed by atoms with Crippen LogP contribution in [0.5, 0.6) is 11.5 Å². The molecule has 4 nitrogen and oxygen atoms in total. The molecule has 0 unspecified atom stereocenters. The van der Waals surface area contributed by atoms with Crippen molar-refractivity contribution in [2.45, 2.75) is 0 Å². The summed E-state index contributed by atoms with van der Waals surface area (Å²) in [6.07, 6.45) is 3.00. The molecule has 84 valence electrons. The Morgan fingerprint density at radius 2 is 1.81 bits per heavy atom. The average Bonchev–Trinajstić information content (AvgIpc) is 2.26. The zero-order valence-corrected chi connectivity index (χ0v) is 11.2. The monoisotopic (exact) mass is 346 g/mol. The first-order valence-electron chi connectivity index (χ1n) is 4.19. The maximum atomic E-state index is 8.91. The minimum Gasteiger partial charge on any atom is -0.506 e. The van der Waals surface area contributed by atoms with Crippen LogP contribution in [0.25, 0.3) is 0 Å². The first-order chi connectivity index (χ1) is 7.59. The molecule has 0 aliphatic rings. The molecule has 0 radical (unpaired) electrons. The highest BCUT2D eigenvalue weighted by Crippen LogP contribution is 2.22. The van der Waals surface area contributed by atoms with Crippen LogP contribution in [0.15, 0.2) is 45.9 Å². The van der Waals surface area contributed by atoms with Crippen LogP contribution in [0.3, 0.4) is 0 Å². The van der Waals surface area contributed by atoms with E-state index in [1.807, 2.05) is 0 Å². The topological polar surface area (TPSA) is 66.2 Å². The van der Waals surface area contributed by atoms with Gasteiger partial charge in [0.1, 0.15) is 20.7 Å². The van der Waals surface area contributed by atoms with Gasteiger partial charge in [0.05, 0.1) is 6.20 Å². The summed E-state index contributed by atoms with van der Waals surface area (Å²) >= 11 is 6.20. The second-order valence-corrected chi connectivity index (χ2v) is 4.22. The number of hydrogen-bond acceptors (Lipinski definition) is 4. The van der Waals surface area contributed by atoms with Gasteiger partial charge in [-0.25, -0.2) is 4.98 Å². The molecule has 2 aromatic rings. The molecule has 0 atom stereocenters. The molecule has 0 aliphatic heterocycles. The first-order valence-corrected chi connectivity index (χ1v) is 5.78. The van der Waals surface area contributed by atoms with Crippen molar-refractivity contribution in [3.63, 3.8) is 0 Å². The molecule has 0 aromatic carbocycles. The molecule has 2 aromatic heterocycles. The Kier molecular flexibility index (Phi) is 5.21. The quantitative estimate of drug-likeness (QED) is 0.718. The first kappa shape index (κ1) is 12.9. The minimum absolute atomic E-state index is 0.151. The lowest BCUT2D eigenvalue weighted by Gasteiger charge is -1.93. The molecule has 0 saturated heterocycles. The molecule has 0 aliphatic carbocycles. The molecule has 2 N–H and O–H groups in total. The van der Waals surface area contributed by atoms with E-state index in [0.29, 0.717) is 9.21 Å². The van der Waals surface area contributed by atoms with Gasteiger partial charge in [-0.1, -0.05) is 0 Å². The van der Waals surface area contributed by atoms with Crippen molar-refractivity contribution in [2.24, 2.45) is 0 Å². The average molecular weight is 348 g/mol. The van der Waals surface area contributed by atoms with Crippen molar-refractivity contribution in [3.05, 3.63) is 45.9 Å². The summed E-state index contributed by atoms with van der Waals surface area (Å²) in [4.78, 5) is 7.49. The molecule has 0 amide bonds. The SMILES string of the molecule is Oc1ccc(Br)nc1Br.Oc1cccnc1. The molecule has 6 heteroatoms. The van der Waals surface area contributed by atoms with Gasteiger partial charge in [-0.05, 0) is 56.1 Å². The van der Waals surface area contributed by atoms with Crippen molar-refractivity contribution >= 4 is 31.9 Å². The van der Waals surface area contributed by atoms with Crippen LogP contribution in [-0.4, -0.2) is 20.2 Å². The molecule has 0 saturated carbocycles. The zero-order valence-electron chi connectivity index (χ0n) is 8.01. The smallest absolute Gasteiger partial charge is 0.149 e. The van der Waals surface area contributed by atoms with Crippen LogP contribution in [0.2, 0.25) is 0 Å². The van der Waals surface area contributed by atoms with Crippen molar-refractivity contribution in [1.82, 2.24) is 9.97 Å². The standard InChI is InChI=1S/C5H3Br2NO.C5H5NO/c6-4-2-1-3(9)5(7)8-4;7-5-2-1-3-6-4-5/h1-2,9H;1-4,7H. The van der Waals surface area contributed by atoms with E-state index in [9.17, 15) is 0 Å². The van der Waals surface area contributed by atoms with Gasteiger partial charge in [0.15, 0.2) is 0 Å². The second kappa shape index (κ2) is 6.44. The van der Waals surface area contributed by atoms with Gasteiger partial charge in [-0.15, -0.1) is 0 Å². The normalized spacial score (nSPS) is 9.12. The molecular formula is C10H8Br2N2O2. The number of rotatable bonds is 0. The minimum atomic E-state index is 0.151. The molecule has 2 rings (SSSR count). The van der Waals surface area contributed by atoms with Gasteiger partial charge < -0.3 is 10.2 Å². The summed E-state index contributed by atoms with van der Waals surface area (Å²) in [5.74, 6) is 0.362. The summed E-state index contributed by atoms with van der Waals surface area (Å²) in [5, 5.41) is 17.5. The summed E-state index contributed by atoms with van der Waals surface area (Å²) in [6, 6.07) is 6.48. The Balaban J connectivity index is 0.000000165. The molecule has 2 heterocycles. The third-order valence-corrected chi connectivity index (χ3v) is 2.47. The van der Waals surface area contributed by atoms with Crippen LogP contribution in [-0.2, 0) is 0 Å². The van der Waals surface area contributed by atoms with E-state index in [-0.39, 0.29) is 11.5 Å². The Labute approximate surface area is 109 Å². The van der Waals surface area contributed by atoms with E-state index in [1.165, 1.54) is 6.20 Å². The highest BCUT2D eigenvalue weighted by molar-refractivity contribution is 9.11. The van der Waals surface area contributed by atoms with Gasteiger partial charge in [-0.2, -0.15) is 0 Å². The third kappa shape index (κ3) is 4.59. The summed E-state index contributed by atoms with van der Waals surface area (Å²) < 4.78 is 1.16. The van der Waals surface area contributed by atoms with E-state index in [4.69, 9.17) is 10.2 Å². The molecule has 16 heavy (non-hydrogen) atoms. The lowest BCUT2D eigenvalue weighted by molar-refractivity contribution is 0.468. The fraction of sp³-hybridized carbons (Fsp3) is 0. The lowest BCUT2D eigenvalue weighted by atomic mass is 10.5. The maximum absolute atomic E-state index is 8.91. The van der Waals surface area contributed by atoms with Gasteiger partial charge in [0, 0.05) is 6.20 Å². The Morgan fingerprint density at radius 3 is 2.19 bits per heavy atom. The van der Waals surface area contributed by atoms with Gasteiger partial charge in [-0.3, -0.25) is 4.98 Å². The Hall–Kier alpha value is -1.14. The summed E-state index contributed by atoms with van der Waals surface area (Å²) in [5.41, 5.74) is 0. The van der Waals surface area contributed by atoms with E-state index in [0.717, 1.165) is 0 Å². The van der Waals surface area contributed by atoms with Gasteiger partial charge in [0.25, 0.3) is 0 Å². The highest BCUT2D eigenvalue weighted by atomic mass is 79.9. The molecular weight excluding hydrogens is 340 g/mol. The predicted molar refractivity (Wildman–Crippen MR) is 67.2 cm³/mol. The van der Waals surface area contributed by atoms with Crippen molar-refractivity contribution in [2.75, 3.05) is 0 Å².